The molecule has 0 bridgehead atoms. The molecular weight excluding hydrogens is 369 g/mol. The topological polar surface area (TPSA) is 12.0 Å². The van der Waals surface area contributed by atoms with Crippen molar-refractivity contribution in [1.29, 1.82) is 0 Å². The molecule has 0 saturated heterocycles. The summed E-state index contributed by atoms with van der Waals surface area (Å²) in [5, 5.41) is 4.68. The molecule has 3 rings (SSSR count). The van der Waals surface area contributed by atoms with Crippen LogP contribution in [0.4, 0.5) is 5.69 Å². The summed E-state index contributed by atoms with van der Waals surface area (Å²) in [7, 11) is 0. The summed E-state index contributed by atoms with van der Waals surface area (Å²) in [6.07, 6.45) is 3.67. The van der Waals surface area contributed by atoms with Gasteiger partial charge in [0, 0.05) is 10.5 Å². The Balaban J connectivity index is 1.85. The Morgan fingerprint density at radius 3 is 2.43 bits per heavy atom. The van der Waals surface area contributed by atoms with Crippen molar-refractivity contribution in [2.75, 3.05) is 5.32 Å². The third-order valence-electron chi connectivity index (χ3n) is 3.99. The summed E-state index contributed by atoms with van der Waals surface area (Å²) in [5.41, 5.74) is 5.03. The zero-order chi connectivity index (χ0) is 15.0. The van der Waals surface area contributed by atoms with E-state index in [4.69, 9.17) is 23.2 Å². The standard InChI is InChI=1S/C17H16BrCl2N/c1-10(12-6-5-11-3-2-4-13(11)7-12)21-17-15(19)8-14(18)9-16(17)20/h5-10,21H,2-4H2,1H3. The van der Waals surface area contributed by atoms with Gasteiger partial charge in [0.05, 0.1) is 15.7 Å². The molecule has 1 unspecified atom stereocenters. The number of aryl methyl sites for hydroxylation is 2. The Bertz CT molecular complexity index is 661. The second kappa shape index (κ2) is 6.20. The van der Waals surface area contributed by atoms with Crippen molar-refractivity contribution in [3.8, 4) is 0 Å². The normalized spacial score (nSPS) is 14.9. The van der Waals surface area contributed by atoms with E-state index >= 15 is 0 Å². The zero-order valence-electron chi connectivity index (χ0n) is 11.7. The van der Waals surface area contributed by atoms with Crippen molar-refractivity contribution in [3.05, 3.63) is 61.5 Å². The minimum Gasteiger partial charge on any atom is -0.376 e. The van der Waals surface area contributed by atoms with Gasteiger partial charge in [-0.15, -0.1) is 0 Å². The van der Waals surface area contributed by atoms with Gasteiger partial charge in [0.25, 0.3) is 0 Å². The Hall–Kier alpha value is -0.700. The fourth-order valence-electron chi connectivity index (χ4n) is 2.84. The average Bonchev–Trinajstić information content (AvgIpc) is 2.89. The molecule has 0 aromatic heterocycles. The lowest BCUT2D eigenvalue weighted by molar-refractivity contribution is 0.879. The van der Waals surface area contributed by atoms with Crippen LogP contribution in [-0.4, -0.2) is 0 Å². The number of benzene rings is 2. The van der Waals surface area contributed by atoms with Crippen LogP contribution in [0.15, 0.2) is 34.8 Å². The van der Waals surface area contributed by atoms with Gasteiger partial charge < -0.3 is 5.32 Å². The van der Waals surface area contributed by atoms with E-state index in [0.29, 0.717) is 10.0 Å². The van der Waals surface area contributed by atoms with Crippen LogP contribution in [0.2, 0.25) is 10.0 Å². The summed E-state index contributed by atoms with van der Waals surface area (Å²) in [4.78, 5) is 0. The summed E-state index contributed by atoms with van der Waals surface area (Å²) < 4.78 is 0.883. The molecule has 1 nitrogen and oxygen atoms in total. The molecule has 1 N–H and O–H groups in total. The maximum Gasteiger partial charge on any atom is 0.0724 e. The number of fused-ring (bicyclic) bond motifs is 1. The van der Waals surface area contributed by atoms with E-state index in [0.717, 1.165) is 10.2 Å². The predicted molar refractivity (Wildman–Crippen MR) is 94.7 cm³/mol. The van der Waals surface area contributed by atoms with Crippen LogP contribution < -0.4 is 5.32 Å². The molecule has 0 radical (unpaired) electrons. The first-order valence-corrected chi connectivity index (χ1v) is 8.62. The summed E-state index contributed by atoms with van der Waals surface area (Å²) in [6.45, 7) is 2.13. The molecule has 1 aliphatic carbocycles. The highest BCUT2D eigenvalue weighted by molar-refractivity contribution is 9.10. The van der Waals surface area contributed by atoms with E-state index in [1.807, 2.05) is 12.1 Å². The van der Waals surface area contributed by atoms with E-state index < -0.39 is 0 Å². The van der Waals surface area contributed by atoms with Gasteiger partial charge in [0.15, 0.2) is 0 Å². The zero-order valence-corrected chi connectivity index (χ0v) is 14.8. The van der Waals surface area contributed by atoms with Crippen molar-refractivity contribution < 1.29 is 0 Å². The number of anilines is 1. The summed E-state index contributed by atoms with van der Waals surface area (Å²) in [5.74, 6) is 0. The first-order chi connectivity index (χ1) is 10.0. The van der Waals surface area contributed by atoms with Gasteiger partial charge in [-0.25, -0.2) is 0 Å². The second-order valence-electron chi connectivity index (χ2n) is 5.49. The SMILES string of the molecule is CC(Nc1c(Cl)cc(Br)cc1Cl)c1ccc2c(c1)CCC2. The monoisotopic (exact) mass is 383 g/mol. The van der Waals surface area contributed by atoms with E-state index in [2.05, 4.69) is 46.4 Å². The highest BCUT2D eigenvalue weighted by Crippen LogP contribution is 2.36. The summed E-state index contributed by atoms with van der Waals surface area (Å²) in [6, 6.07) is 10.6. The van der Waals surface area contributed by atoms with Gasteiger partial charge in [0.1, 0.15) is 0 Å². The van der Waals surface area contributed by atoms with Gasteiger partial charge >= 0.3 is 0 Å². The van der Waals surface area contributed by atoms with Gasteiger partial charge in [0.2, 0.25) is 0 Å². The molecule has 110 valence electrons. The molecule has 1 aliphatic rings. The van der Waals surface area contributed by atoms with E-state index in [9.17, 15) is 0 Å². The molecule has 0 saturated carbocycles. The molecule has 0 aliphatic heterocycles. The van der Waals surface area contributed by atoms with E-state index in [-0.39, 0.29) is 6.04 Å². The van der Waals surface area contributed by atoms with Crippen LogP contribution in [0.5, 0.6) is 0 Å². The van der Waals surface area contributed by atoms with Crippen molar-refractivity contribution in [2.45, 2.75) is 32.2 Å². The Morgan fingerprint density at radius 1 is 1.05 bits per heavy atom. The Kier molecular flexibility index (Phi) is 4.49. The molecule has 0 fully saturated rings. The number of nitrogens with one attached hydrogen (secondary N) is 1. The molecular formula is C17H16BrCl2N. The second-order valence-corrected chi connectivity index (χ2v) is 7.22. The van der Waals surface area contributed by atoms with Crippen LogP contribution >= 0.6 is 39.1 Å². The van der Waals surface area contributed by atoms with Crippen LogP contribution in [0, 0.1) is 0 Å². The lowest BCUT2D eigenvalue weighted by Crippen LogP contribution is -2.08. The highest BCUT2D eigenvalue weighted by Gasteiger charge is 2.15. The maximum atomic E-state index is 6.28. The van der Waals surface area contributed by atoms with Crippen molar-refractivity contribution in [2.24, 2.45) is 0 Å². The molecule has 0 amide bonds. The minimum absolute atomic E-state index is 0.159. The Labute approximate surface area is 143 Å². The number of hydrogen-bond acceptors (Lipinski definition) is 1. The van der Waals surface area contributed by atoms with Crippen LogP contribution in [0.1, 0.15) is 36.1 Å². The van der Waals surface area contributed by atoms with E-state index in [1.54, 1.807) is 0 Å². The molecule has 0 heterocycles. The van der Waals surface area contributed by atoms with Crippen LogP contribution in [0.25, 0.3) is 0 Å². The van der Waals surface area contributed by atoms with Gasteiger partial charge in [-0.05, 0) is 55.0 Å². The number of rotatable bonds is 3. The molecule has 2 aromatic rings. The highest BCUT2D eigenvalue weighted by atomic mass is 79.9. The van der Waals surface area contributed by atoms with Crippen molar-refractivity contribution >= 4 is 44.8 Å². The van der Waals surface area contributed by atoms with Crippen LogP contribution in [-0.2, 0) is 12.8 Å². The van der Waals surface area contributed by atoms with Gasteiger partial charge in [-0.1, -0.05) is 57.3 Å². The van der Waals surface area contributed by atoms with E-state index in [1.165, 1.54) is 36.0 Å². The number of hydrogen-bond donors (Lipinski definition) is 1. The third kappa shape index (κ3) is 3.23. The lowest BCUT2D eigenvalue weighted by atomic mass is 10.0. The minimum atomic E-state index is 0.159. The van der Waals surface area contributed by atoms with Crippen molar-refractivity contribution in [3.63, 3.8) is 0 Å². The number of halogens is 3. The largest absolute Gasteiger partial charge is 0.376 e. The van der Waals surface area contributed by atoms with Crippen molar-refractivity contribution in [1.82, 2.24) is 0 Å². The van der Waals surface area contributed by atoms with Gasteiger partial charge in [-0.3, -0.25) is 0 Å². The smallest absolute Gasteiger partial charge is 0.0724 e. The third-order valence-corrected chi connectivity index (χ3v) is 5.04. The predicted octanol–water partition coefficient (Wildman–Crippen LogP) is 6.42. The lowest BCUT2D eigenvalue weighted by Gasteiger charge is -2.19. The fourth-order valence-corrected chi connectivity index (χ4v) is 4.16. The molecule has 4 heteroatoms. The molecule has 0 spiro atoms. The first kappa shape index (κ1) is 15.2. The fraction of sp³-hybridized carbons (Fsp3) is 0.294. The first-order valence-electron chi connectivity index (χ1n) is 7.07. The molecule has 21 heavy (non-hydrogen) atoms. The van der Waals surface area contributed by atoms with Gasteiger partial charge in [-0.2, -0.15) is 0 Å². The summed E-state index contributed by atoms with van der Waals surface area (Å²) >= 11 is 16.0. The molecule has 1 atom stereocenters. The quantitative estimate of drug-likeness (QED) is 0.643. The van der Waals surface area contributed by atoms with Crippen LogP contribution in [0.3, 0.4) is 0 Å². The maximum absolute atomic E-state index is 6.28. The average molecular weight is 385 g/mol. The Morgan fingerprint density at radius 2 is 1.71 bits per heavy atom. The molecule has 2 aromatic carbocycles.